The monoisotopic (exact) mass is 346 g/mol. The van der Waals surface area contributed by atoms with Crippen LogP contribution in [0.2, 0.25) is 0 Å². The third-order valence-electron chi connectivity index (χ3n) is 4.48. The number of benzene rings is 1. The highest BCUT2D eigenvalue weighted by atomic mass is 16.6. The third-order valence-corrected chi connectivity index (χ3v) is 4.48. The van der Waals surface area contributed by atoms with Crippen molar-refractivity contribution in [2.24, 2.45) is 11.8 Å². The number of carbonyl (C=O) groups is 2. The fraction of sp³-hybridized carbons (Fsp3) is 0.619. The molecule has 2 rings (SSSR count). The van der Waals surface area contributed by atoms with E-state index in [1.54, 1.807) is 0 Å². The summed E-state index contributed by atoms with van der Waals surface area (Å²) in [6.07, 6.45) is 5.34. The lowest BCUT2D eigenvalue weighted by molar-refractivity contribution is -0.165. The van der Waals surface area contributed by atoms with E-state index in [-0.39, 0.29) is 24.5 Å². The normalized spacial score (nSPS) is 16.4. The van der Waals surface area contributed by atoms with Crippen LogP contribution < -0.4 is 0 Å². The molecule has 0 aromatic heterocycles. The molecule has 0 bridgehead atoms. The summed E-state index contributed by atoms with van der Waals surface area (Å²) < 4.78 is 11.0. The van der Waals surface area contributed by atoms with Gasteiger partial charge < -0.3 is 9.47 Å². The Labute approximate surface area is 150 Å². The zero-order chi connectivity index (χ0) is 18.3. The summed E-state index contributed by atoms with van der Waals surface area (Å²) in [4.78, 5) is 24.7. The van der Waals surface area contributed by atoms with Crippen LogP contribution in [-0.4, -0.2) is 24.1 Å². The molecule has 1 aromatic carbocycles. The van der Waals surface area contributed by atoms with E-state index in [4.69, 9.17) is 9.47 Å². The van der Waals surface area contributed by atoms with Gasteiger partial charge in [0.1, 0.15) is 12.2 Å². The highest BCUT2D eigenvalue weighted by molar-refractivity contribution is 5.75. The van der Waals surface area contributed by atoms with Crippen molar-refractivity contribution in [3.63, 3.8) is 0 Å². The van der Waals surface area contributed by atoms with Crippen molar-refractivity contribution >= 4 is 11.9 Å². The molecule has 0 spiro atoms. The van der Waals surface area contributed by atoms with Crippen molar-refractivity contribution < 1.29 is 19.1 Å². The Morgan fingerprint density at radius 1 is 1.12 bits per heavy atom. The molecule has 0 amide bonds. The van der Waals surface area contributed by atoms with Gasteiger partial charge in [0.25, 0.3) is 0 Å². The van der Waals surface area contributed by atoms with Gasteiger partial charge in [0.15, 0.2) is 0 Å². The van der Waals surface area contributed by atoms with E-state index in [2.05, 4.69) is 0 Å². The number of esters is 2. The quantitative estimate of drug-likeness (QED) is 0.690. The van der Waals surface area contributed by atoms with Gasteiger partial charge in [-0.1, -0.05) is 43.2 Å². The van der Waals surface area contributed by atoms with Gasteiger partial charge in [0.05, 0.1) is 11.8 Å². The van der Waals surface area contributed by atoms with Crippen molar-refractivity contribution in [1.82, 2.24) is 0 Å². The highest BCUT2D eigenvalue weighted by Gasteiger charge is 2.29. The fourth-order valence-electron chi connectivity index (χ4n) is 3.10. The fourth-order valence-corrected chi connectivity index (χ4v) is 3.10. The SMILES string of the molecule is CC(C)(C)OC(=O)C(CCc1ccccc1)COC(=O)C1CCCC1. The molecule has 138 valence electrons. The van der Waals surface area contributed by atoms with Crippen molar-refractivity contribution in [2.45, 2.75) is 64.9 Å². The van der Waals surface area contributed by atoms with Gasteiger partial charge in [-0.25, -0.2) is 0 Å². The zero-order valence-electron chi connectivity index (χ0n) is 15.6. The van der Waals surface area contributed by atoms with E-state index in [0.717, 1.165) is 37.7 Å². The topological polar surface area (TPSA) is 52.6 Å². The summed E-state index contributed by atoms with van der Waals surface area (Å²) in [6.45, 7) is 5.66. The molecule has 1 fully saturated rings. The molecule has 4 nitrogen and oxygen atoms in total. The van der Waals surface area contributed by atoms with Crippen molar-refractivity contribution in [1.29, 1.82) is 0 Å². The highest BCUT2D eigenvalue weighted by Crippen LogP contribution is 2.26. The Bertz CT molecular complexity index is 553. The Morgan fingerprint density at radius 2 is 1.76 bits per heavy atom. The summed E-state index contributed by atoms with van der Waals surface area (Å²) in [6, 6.07) is 10.0. The van der Waals surface area contributed by atoms with Crippen molar-refractivity contribution in [3.8, 4) is 0 Å². The Kier molecular flexibility index (Phi) is 7.03. The van der Waals surface area contributed by atoms with Crippen LogP contribution in [0.1, 0.15) is 58.4 Å². The third kappa shape index (κ3) is 6.89. The number of hydrogen-bond acceptors (Lipinski definition) is 4. The summed E-state index contributed by atoms with van der Waals surface area (Å²) >= 11 is 0. The lowest BCUT2D eigenvalue weighted by Gasteiger charge is -2.24. The number of aryl methyl sites for hydroxylation is 1. The van der Waals surface area contributed by atoms with Gasteiger partial charge in [-0.15, -0.1) is 0 Å². The van der Waals surface area contributed by atoms with Gasteiger partial charge in [0, 0.05) is 0 Å². The number of rotatable bonds is 7. The predicted molar refractivity (Wildman–Crippen MR) is 97.0 cm³/mol. The number of ether oxygens (including phenoxy) is 2. The van der Waals surface area contributed by atoms with Crippen LogP contribution >= 0.6 is 0 Å². The van der Waals surface area contributed by atoms with Crippen LogP contribution in [0.15, 0.2) is 30.3 Å². The molecule has 1 saturated carbocycles. The molecule has 0 heterocycles. The smallest absolute Gasteiger partial charge is 0.312 e. The molecule has 0 aliphatic heterocycles. The molecule has 0 saturated heterocycles. The molecule has 1 aliphatic rings. The molecule has 1 unspecified atom stereocenters. The number of hydrogen-bond donors (Lipinski definition) is 0. The maximum atomic E-state index is 12.5. The molecule has 0 radical (unpaired) electrons. The van der Waals surface area contributed by atoms with Crippen LogP contribution in [0.25, 0.3) is 0 Å². The van der Waals surface area contributed by atoms with Gasteiger partial charge in [-0.05, 0) is 52.0 Å². The first-order valence-electron chi connectivity index (χ1n) is 9.28. The first kappa shape index (κ1) is 19.5. The lowest BCUT2D eigenvalue weighted by Crippen LogP contribution is -2.32. The first-order chi connectivity index (χ1) is 11.8. The van der Waals surface area contributed by atoms with E-state index in [1.807, 2.05) is 51.1 Å². The van der Waals surface area contributed by atoms with E-state index in [0.29, 0.717) is 6.42 Å². The van der Waals surface area contributed by atoms with Gasteiger partial charge >= 0.3 is 11.9 Å². The summed E-state index contributed by atoms with van der Waals surface area (Å²) in [5.74, 6) is -0.869. The maximum absolute atomic E-state index is 12.5. The minimum absolute atomic E-state index is 0.00779. The molecule has 1 aliphatic carbocycles. The van der Waals surface area contributed by atoms with E-state index in [9.17, 15) is 9.59 Å². The summed E-state index contributed by atoms with van der Waals surface area (Å²) in [5, 5.41) is 0. The van der Waals surface area contributed by atoms with Crippen LogP contribution in [0.3, 0.4) is 0 Å². The van der Waals surface area contributed by atoms with Gasteiger partial charge in [-0.3, -0.25) is 9.59 Å². The largest absolute Gasteiger partial charge is 0.465 e. The van der Waals surface area contributed by atoms with Crippen molar-refractivity contribution in [2.75, 3.05) is 6.61 Å². The summed E-state index contributed by atoms with van der Waals surface area (Å²) in [7, 11) is 0. The van der Waals surface area contributed by atoms with E-state index < -0.39 is 11.5 Å². The Hall–Kier alpha value is -1.84. The molecular weight excluding hydrogens is 316 g/mol. The minimum Gasteiger partial charge on any atom is -0.465 e. The second-order valence-corrected chi connectivity index (χ2v) is 7.87. The maximum Gasteiger partial charge on any atom is 0.312 e. The molecule has 25 heavy (non-hydrogen) atoms. The van der Waals surface area contributed by atoms with Crippen LogP contribution in [0.5, 0.6) is 0 Å². The molecule has 0 N–H and O–H groups in total. The molecule has 1 aromatic rings. The van der Waals surface area contributed by atoms with Crippen LogP contribution in [-0.2, 0) is 25.5 Å². The van der Waals surface area contributed by atoms with Crippen molar-refractivity contribution in [3.05, 3.63) is 35.9 Å². The Morgan fingerprint density at radius 3 is 2.36 bits per heavy atom. The Balaban J connectivity index is 1.92. The minimum atomic E-state index is -0.544. The van der Waals surface area contributed by atoms with Gasteiger partial charge in [-0.2, -0.15) is 0 Å². The zero-order valence-corrected chi connectivity index (χ0v) is 15.6. The standard InChI is InChI=1S/C21H30O4/c1-21(2,3)25-20(23)18(14-13-16-9-5-4-6-10-16)15-24-19(22)17-11-7-8-12-17/h4-6,9-10,17-18H,7-8,11-15H2,1-3H3. The average Bonchev–Trinajstić information content (AvgIpc) is 3.08. The molecule has 1 atom stereocenters. The van der Waals surface area contributed by atoms with Crippen LogP contribution in [0, 0.1) is 11.8 Å². The predicted octanol–water partition coefficient (Wildman–Crippen LogP) is 4.31. The number of carbonyl (C=O) groups excluding carboxylic acids is 2. The van der Waals surface area contributed by atoms with E-state index >= 15 is 0 Å². The lowest BCUT2D eigenvalue weighted by atomic mass is 9.99. The second-order valence-electron chi connectivity index (χ2n) is 7.87. The summed E-state index contributed by atoms with van der Waals surface area (Å²) in [5.41, 5.74) is 0.621. The molecule has 4 heteroatoms. The average molecular weight is 346 g/mol. The molecular formula is C21H30O4. The van der Waals surface area contributed by atoms with E-state index in [1.165, 1.54) is 0 Å². The van der Waals surface area contributed by atoms with Gasteiger partial charge in [0.2, 0.25) is 0 Å². The van der Waals surface area contributed by atoms with Crippen LogP contribution in [0.4, 0.5) is 0 Å². The first-order valence-corrected chi connectivity index (χ1v) is 9.28. The second kappa shape index (κ2) is 9.02.